The van der Waals surface area contributed by atoms with Crippen LogP contribution in [-0.2, 0) is 0 Å². The van der Waals surface area contributed by atoms with E-state index < -0.39 is 0 Å². The van der Waals surface area contributed by atoms with Crippen LogP contribution in [0.25, 0.3) is 10.8 Å². The third-order valence-electron chi connectivity index (χ3n) is 3.31. The lowest BCUT2D eigenvalue weighted by molar-refractivity contribution is 0.162. The molecule has 2 aromatic carbocycles. The van der Waals surface area contributed by atoms with Gasteiger partial charge >= 0.3 is 0 Å². The zero-order chi connectivity index (χ0) is 11.5. The average molecular weight is 227 g/mol. The van der Waals surface area contributed by atoms with Crippen LogP contribution < -0.4 is 10.1 Å². The highest BCUT2D eigenvalue weighted by Gasteiger charge is 2.14. The first-order chi connectivity index (χ1) is 8.42. The zero-order valence-corrected chi connectivity index (χ0v) is 9.86. The summed E-state index contributed by atoms with van der Waals surface area (Å²) in [7, 11) is 0. The molecule has 2 heteroatoms. The second-order valence-electron chi connectivity index (χ2n) is 4.58. The van der Waals surface area contributed by atoms with Crippen molar-refractivity contribution in [1.82, 2.24) is 5.32 Å². The third-order valence-corrected chi connectivity index (χ3v) is 3.31. The zero-order valence-electron chi connectivity index (χ0n) is 9.86. The topological polar surface area (TPSA) is 21.3 Å². The van der Waals surface area contributed by atoms with Gasteiger partial charge < -0.3 is 10.1 Å². The van der Waals surface area contributed by atoms with Crippen LogP contribution in [0.15, 0.2) is 42.5 Å². The Morgan fingerprint density at radius 2 is 1.71 bits per heavy atom. The molecule has 17 heavy (non-hydrogen) atoms. The Balaban J connectivity index is 1.80. The number of nitrogens with one attached hydrogen (secondary N) is 1. The van der Waals surface area contributed by atoms with E-state index >= 15 is 0 Å². The number of benzene rings is 2. The number of hydrogen-bond donors (Lipinski definition) is 1. The Hall–Kier alpha value is -1.54. The standard InChI is InChI=1S/C15H17NO/c1-2-4-13-11-15(6-5-12(13)3-1)17-14-7-9-16-10-8-14/h1-6,11,14,16H,7-10H2. The van der Waals surface area contributed by atoms with Crippen molar-refractivity contribution in [2.45, 2.75) is 18.9 Å². The van der Waals surface area contributed by atoms with Gasteiger partial charge in [0.25, 0.3) is 0 Å². The molecule has 2 nitrogen and oxygen atoms in total. The molecule has 0 bridgehead atoms. The highest BCUT2D eigenvalue weighted by molar-refractivity contribution is 5.83. The van der Waals surface area contributed by atoms with Gasteiger partial charge in [-0.3, -0.25) is 0 Å². The van der Waals surface area contributed by atoms with E-state index in [0.29, 0.717) is 6.10 Å². The largest absolute Gasteiger partial charge is 0.490 e. The molecule has 0 spiro atoms. The van der Waals surface area contributed by atoms with Gasteiger partial charge in [-0.2, -0.15) is 0 Å². The second kappa shape index (κ2) is 4.76. The van der Waals surface area contributed by atoms with Gasteiger partial charge in [-0.25, -0.2) is 0 Å². The molecule has 1 aliphatic rings. The summed E-state index contributed by atoms with van der Waals surface area (Å²) in [6, 6.07) is 14.7. The summed E-state index contributed by atoms with van der Waals surface area (Å²) in [5, 5.41) is 5.87. The maximum atomic E-state index is 6.02. The van der Waals surface area contributed by atoms with Crippen molar-refractivity contribution in [2.75, 3.05) is 13.1 Å². The molecule has 1 saturated heterocycles. The molecule has 0 aliphatic carbocycles. The van der Waals surface area contributed by atoms with Gasteiger partial charge in [0, 0.05) is 0 Å². The normalized spacial score (nSPS) is 17.2. The Labute approximate surface area is 102 Å². The van der Waals surface area contributed by atoms with Crippen LogP contribution in [-0.4, -0.2) is 19.2 Å². The Morgan fingerprint density at radius 3 is 2.53 bits per heavy atom. The van der Waals surface area contributed by atoms with Gasteiger partial charge in [0.2, 0.25) is 0 Å². The minimum absolute atomic E-state index is 0.373. The summed E-state index contributed by atoms with van der Waals surface area (Å²) in [5.41, 5.74) is 0. The third kappa shape index (κ3) is 2.42. The lowest BCUT2D eigenvalue weighted by atomic mass is 10.1. The number of piperidine rings is 1. The molecule has 0 atom stereocenters. The van der Waals surface area contributed by atoms with Crippen molar-refractivity contribution < 1.29 is 4.74 Å². The molecule has 1 heterocycles. The highest BCUT2D eigenvalue weighted by Crippen LogP contribution is 2.22. The van der Waals surface area contributed by atoms with Crippen LogP contribution in [0.4, 0.5) is 0 Å². The van der Waals surface area contributed by atoms with E-state index in [1.165, 1.54) is 10.8 Å². The van der Waals surface area contributed by atoms with Gasteiger partial charge in [-0.15, -0.1) is 0 Å². The molecule has 1 N–H and O–H groups in total. The van der Waals surface area contributed by atoms with Gasteiger partial charge in [-0.05, 0) is 48.8 Å². The van der Waals surface area contributed by atoms with Crippen LogP contribution >= 0.6 is 0 Å². The van der Waals surface area contributed by atoms with Gasteiger partial charge in [0.1, 0.15) is 11.9 Å². The van der Waals surface area contributed by atoms with E-state index in [1.807, 2.05) is 0 Å². The van der Waals surface area contributed by atoms with E-state index in [1.54, 1.807) is 0 Å². The molecule has 3 rings (SSSR count). The lowest BCUT2D eigenvalue weighted by Crippen LogP contribution is -2.34. The number of fused-ring (bicyclic) bond motifs is 1. The fourth-order valence-electron chi connectivity index (χ4n) is 2.35. The van der Waals surface area contributed by atoms with Gasteiger partial charge in [0.05, 0.1) is 0 Å². The van der Waals surface area contributed by atoms with E-state index in [-0.39, 0.29) is 0 Å². The van der Waals surface area contributed by atoms with Crippen LogP contribution in [0.2, 0.25) is 0 Å². The summed E-state index contributed by atoms with van der Waals surface area (Å²) in [6.07, 6.45) is 2.58. The summed E-state index contributed by atoms with van der Waals surface area (Å²) in [4.78, 5) is 0. The van der Waals surface area contributed by atoms with Crippen LogP contribution in [0.5, 0.6) is 5.75 Å². The Kier molecular flexibility index (Phi) is 2.97. The lowest BCUT2D eigenvalue weighted by Gasteiger charge is -2.23. The Bertz CT molecular complexity index is 503. The minimum atomic E-state index is 0.373. The van der Waals surface area contributed by atoms with Gasteiger partial charge in [0.15, 0.2) is 0 Å². The van der Waals surface area contributed by atoms with Crippen molar-refractivity contribution >= 4 is 10.8 Å². The summed E-state index contributed by atoms with van der Waals surface area (Å²) in [6.45, 7) is 2.14. The number of ether oxygens (including phenoxy) is 1. The predicted molar refractivity (Wildman–Crippen MR) is 70.5 cm³/mol. The summed E-state index contributed by atoms with van der Waals surface area (Å²) < 4.78 is 6.02. The van der Waals surface area contributed by atoms with Crippen LogP contribution in [0, 0.1) is 0 Å². The van der Waals surface area contributed by atoms with Crippen molar-refractivity contribution in [3.63, 3.8) is 0 Å². The monoisotopic (exact) mass is 227 g/mol. The highest BCUT2D eigenvalue weighted by atomic mass is 16.5. The van der Waals surface area contributed by atoms with E-state index in [4.69, 9.17) is 4.74 Å². The second-order valence-corrected chi connectivity index (χ2v) is 4.58. The summed E-state index contributed by atoms with van der Waals surface area (Å²) >= 11 is 0. The number of hydrogen-bond acceptors (Lipinski definition) is 2. The Morgan fingerprint density at radius 1 is 0.941 bits per heavy atom. The molecule has 0 unspecified atom stereocenters. The molecule has 1 aliphatic heterocycles. The van der Waals surface area contributed by atoms with Crippen molar-refractivity contribution in [1.29, 1.82) is 0 Å². The molecule has 0 saturated carbocycles. The smallest absolute Gasteiger partial charge is 0.120 e. The van der Waals surface area contributed by atoms with Crippen LogP contribution in [0.1, 0.15) is 12.8 Å². The minimum Gasteiger partial charge on any atom is -0.490 e. The fraction of sp³-hybridized carbons (Fsp3) is 0.333. The first kappa shape index (κ1) is 10.6. The molecule has 0 aromatic heterocycles. The molecule has 0 radical (unpaired) electrons. The summed E-state index contributed by atoms with van der Waals surface area (Å²) in [5.74, 6) is 0.996. The maximum absolute atomic E-state index is 6.02. The molecule has 1 fully saturated rings. The average Bonchev–Trinajstić information content (AvgIpc) is 2.40. The van der Waals surface area contributed by atoms with Crippen molar-refractivity contribution in [3.8, 4) is 5.75 Å². The van der Waals surface area contributed by atoms with E-state index in [0.717, 1.165) is 31.7 Å². The van der Waals surface area contributed by atoms with E-state index in [2.05, 4.69) is 47.8 Å². The molecule has 0 amide bonds. The first-order valence-electron chi connectivity index (χ1n) is 6.28. The van der Waals surface area contributed by atoms with Gasteiger partial charge in [-0.1, -0.05) is 30.3 Å². The number of rotatable bonds is 2. The quantitative estimate of drug-likeness (QED) is 0.851. The van der Waals surface area contributed by atoms with Crippen LogP contribution in [0.3, 0.4) is 0 Å². The SMILES string of the molecule is c1ccc2cc(OC3CCNCC3)ccc2c1. The molecule has 2 aromatic rings. The first-order valence-corrected chi connectivity index (χ1v) is 6.28. The van der Waals surface area contributed by atoms with E-state index in [9.17, 15) is 0 Å². The fourth-order valence-corrected chi connectivity index (χ4v) is 2.35. The predicted octanol–water partition coefficient (Wildman–Crippen LogP) is 2.97. The molecule has 88 valence electrons. The maximum Gasteiger partial charge on any atom is 0.120 e. The molecular formula is C15H17NO. The van der Waals surface area contributed by atoms with Crippen molar-refractivity contribution in [2.24, 2.45) is 0 Å². The molecular weight excluding hydrogens is 210 g/mol. The van der Waals surface area contributed by atoms with Crippen molar-refractivity contribution in [3.05, 3.63) is 42.5 Å².